The predicted molar refractivity (Wildman–Crippen MR) is 128 cm³/mol. The Bertz CT molecular complexity index is 949. The molecular formula is C27H31N3O. The number of carbonyl (C=O) groups excluding carboxylic acids is 1. The Hall–Kier alpha value is -3.11. The molecule has 3 aromatic rings. The first-order valence-corrected chi connectivity index (χ1v) is 11.2. The second-order valence-corrected chi connectivity index (χ2v) is 8.16. The van der Waals surface area contributed by atoms with E-state index in [0.29, 0.717) is 0 Å². The standard InChI is InChI=1S/C27H31N3O/c1-2-26(23-9-5-3-6-10-23)27(31)28-24-15-13-22(14-16-24)21-29-17-19-30(20-18-29)25-11-7-4-8-12-25/h3-16,26H,2,17-21H2,1H3,(H,28,31). The van der Waals surface area contributed by atoms with Gasteiger partial charge in [-0.05, 0) is 41.8 Å². The number of para-hydroxylation sites is 1. The maximum atomic E-state index is 12.8. The van der Waals surface area contributed by atoms with E-state index in [1.165, 1.54) is 11.3 Å². The summed E-state index contributed by atoms with van der Waals surface area (Å²) in [5, 5.41) is 3.09. The van der Waals surface area contributed by atoms with E-state index in [-0.39, 0.29) is 11.8 Å². The van der Waals surface area contributed by atoms with Crippen molar-refractivity contribution < 1.29 is 4.79 Å². The van der Waals surface area contributed by atoms with Crippen LogP contribution in [0.2, 0.25) is 0 Å². The molecule has 0 bridgehead atoms. The van der Waals surface area contributed by atoms with E-state index in [0.717, 1.165) is 50.4 Å². The van der Waals surface area contributed by atoms with Crippen molar-refractivity contribution in [3.8, 4) is 0 Å². The van der Waals surface area contributed by atoms with Gasteiger partial charge in [0.25, 0.3) is 0 Å². The summed E-state index contributed by atoms with van der Waals surface area (Å²) < 4.78 is 0. The molecule has 3 aromatic carbocycles. The quantitative estimate of drug-likeness (QED) is 0.582. The molecule has 31 heavy (non-hydrogen) atoms. The fourth-order valence-corrected chi connectivity index (χ4v) is 4.24. The smallest absolute Gasteiger partial charge is 0.231 e. The number of amides is 1. The number of hydrogen-bond donors (Lipinski definition) is 1. The van der Waals surface area contributed by atoms with Gasteiger partial charge in [0, 0.05) is 44.1 Å². The maximum Gasteiger partial charge on any atom is 0.231 e. The molecule has 1 saturated heterocycles. The third-order valence-corrected chi connectivity index (χ3v) is 6.05. The summed E-state index contributed by atoms with van der Waals surface area (Å²) >= 11 is 0. The summed E-state index contributed by atoms with van der Waals surface area (Å²) in [5.74, 6) is -0.0692. The molecule has 4 nitrogen and oxygen atoms in total. The van der Waals surface area contributed by atoms with Crippen LogP contribution < -0.4 is 10.2 Å². The van der Waals surface area contributed by atoms with Crippen molar-refractivity contribution in [1.29, 1.82) is 0 Å². The summed E-state index contributed by atoms with van der Waals surface area (Å²) in [7, 11) is 0. The van der Waals surface area contributed by atoms with Crippen molar-refractivity contribution >= 4 is 17.3 Å². The Balaban J connectivity index is 1.29. The molecule has 4 rings (SSSR count). The van der Waals surface area contributed by atoms with Crippen LogP contribution in [0.5, 0.6) is 0 Å². The van der Waals surface area contributed by atoms with Gasteiger partial charge in [-0.2, -0.15) is 0 Å². The average Bonchev–Trinajstić information content (AvgIpc) is 2.83. The Kier molecular flexibility index (Phi) is 7.00. The minimum absolute atomic E-state index is 0.0542. The first-order valence-electron chi connectivity index (χ1n) is 11.2. The topological polar surface area (TPSA) is 35.6 Å². The Labute approximate surface area is 185 Å². The lowest BCUT2D eigenvalue weighted by atomic mass is 9.95. The number of anilines is 2. The van der Waals surface area contributed by atoms with Gasteiger partial charge in [-0.1, -0.05) is 67.6 Å². The summed E-state index contributed by atoms with van der Waals surface area (Å²) in [6, 6.07) is 28.9. The number of carbonyl (C=O) groups is 1. The van der Waals surface area contributed by atoms with Gasteiger partial charge in [0.05, 0.1) is 5.92 Å². The van der Waals surface area contributed by atoms with Gasteiger partial charge in [-0.25, -0.2) is 0 Å². The Morgan fingerprint density at radius 3 is 2.06 bits per heavy atom. The summed E-state index contributed by atoms with van der Waals surface area (Å²) in [6.07, 6.45) is 0.781. The lowest BCUT2D eigenvalue weighted by molar-refractivity contribution is -0.117. The van der Waals surface area contributed by atoms with Crippen LogP contribution in [0, 0.1) is 0 Å². The minimum atomic E-state index is -0.123. The van der Waals surface area contributed by atoms with Crippen molar-refractivity contribution in [2.24, 2.45) is 0 Å². The van der Waals surface area contributed by atoms with Crippen LogP contribution in [0.4, 0.5) is 11.4 Å². The number of nitrogens with zero attached hydrogens (tertiary/aromatic N) is 2. The number of piperazine rings is 1. The van der Waals surface area contributed by atoms with Crippen LogP contribution in [-0.4, -0.2) is 37.0 Å². The van der Waals surface area contributed by atoms with Crippen LogP contribution in [0.1, 0.15) is 30.4 Å². The summed E-state index contributed by atoms with van der Waals surface area (Å²) in [6.45, 7) is 7.22. The fourth-order valence-electron chi connectivity index (χ4n) is 4.24. The normalized spacial score (nSPS) is 15.5. The van der Waals surface area contributed by atoms with Gasteiger partial charge < -0.3 is 10.2 Å². The summed E-state index contributed by atoms with van der Waals surface area (Å²) in [5.41, 5.74) is 4.51. The highest BCUT2D eigenvalue weighted by Gasteiger charge is 2.19. The van der Waals surface area contributed by atoms with Gasteiger partial charge in [-0.3, -0.25) is 9.69 Å². The second kappa shape index (κ2) is 10.3. The molecule has 4 heteroatoms. The predicted octanol–water partition coefficient (Wildman–Crippen LogP) is 5.14. The van der Waals surface area contributed by atoms with Crippen LogP contribution in [0.15, 0.2) is 84.9 Å². The van der Waals surface area contributed by atoms with Gasteiger partial charge in [-0.15, -0.1) is 0 Å². The van der Waals surface area contributed by atoms with E-state index in [2.05, 4.69) is 64.5 Å². The second-order valence-electron chi connectivity index (χ2n) is 8.16. The molecule has 1 aliphatic heterocycles. The molecule has 0 spiro atoms. The van der Waals surface area contributed by atoms with E-state index in [4.69, 9.17) is 0 Å². The van der Waals surface area contributed by atoms with Crippen molar-refractivity contribution in [1.82, 2.24) is 4.90 Å². The van der Waals surface area contributed by atoms with Crippen molar-refractivity contribution in [2.75, 3.05) is 36.4 Å². The van der Waals surface area contributed by atoms with Crippen molar-refractivity contribution in [2.45, 2.75) is 25.8 Å². The highest BCUT2D eigenvalue weighted by Crippen LogP contribution is 2.22. The van der Waals surface area contributed by atoms with Crippen molar-refractivity contribution in [3.05, 3.63) is 96.1 Å². The van der Waals surface area contributed by atoms with Gasteiger partial charge in [0.1, 0.15) is 0 Å². The molecule has 1 N–H and O–H groups in total. The first-order chi connectivity index (χ1) is 15.2. The lowest BCUT2D eigenvalue weighted by Gasteiger charge is -2.36. The van der Waals surface area contributed by atoms with E-state index in [1.807, 2.05) is 42.5 Å². The number of hydrogen-bond acceptors (Lipinski definition) is 3. The highest BCUT2D eigenvalue weighted by atomic mass is 16.1. The fraction of sp³-hybridized carbons (Fsp3) is 0.296. The van der Waals surface area contributed by atoms with Crippen LogP contribution in [0.3, 0.4) is 0 Å². The van der Waals surface area contributed by atoms with E-state index < -0.39 is 0 Å². The first kappa shape index (κ1) is 21.1. The van der Waals surface area contributed by atoms with Gasteiger partial charge in [0.15, 0.2) is 0 Å². The molecule has 1 fully saturated rings. The minimum Gasteiger partial charge on any atom is -0.369 e. The average molecular weight is 414 g/mol. The zero-order valence-electron chi connectivity index (χ0n) is 18.2. The van der Waals surface area contributed by atoms with Crippen LogP contribution in [0.25, 0.3) is 0 Å². The monoisotopic (exact) mass is 413 g/mol. The van der Waals surface area contributed by atoms with Gasteiger partial charge >= 0.3 is 0 Å². The molecule has 0 saturated carbocycles. The Morgan fingerprint density at radius 2 is 1.45 bits per heavy atom. The van der Waals surface area contributed by atoms with Gasteiger partial charge in [0.2, 0.25) is 5.91 Å². The third-order valence-electron chi connectivity index (χ3n) is 6.05. The molecule has 0 aromatic heterocycles. The van der Waals surface area contributed by atoms with E-state index >= 15 is 0 Å². The molecule has 1 atom stereocenters. The Morgan fingerprint density at radius 1 is 0.839 bits per heavy atom. The number of rotatable bonds is 7. The number of benzene rings is 3. The molecular weight excluding hydrogens is 382 g/mol. The van der Waals surface area contributed by atoms with Crippen molar-refractivity contribution in [3.63, 3.8) is 0 Å². The summed E-state index contributed by atoms with van der Waals surface area (Å²) in [4.78, 5) is 17.7. The van der Waals surface area contributed by atoms with Crippen LogP contribution in [-0.2, 0) is 11.3 Å². The zero-order valence-corrected chi connectivity index (χ0v) is 18.2. The molecule has 1 amide bonds. The molecule has 1 unspecified atom stereocenters. The SMILES string of the molecule is CCC(C(=O)Nc1ccc(CN2CCN(c3ccccc3)CC2)cc1)c1ccccc1. The maximum absolute atomic E-state index is 12.8. The van der Waals surface area contributed by atoms with E-state index in [9.17, 15) is 4.79 Å². The third kappa shape index (κ3) is 5.53. The largest absolute Gasteiger partial charge is 0.369 e. The molecule has 1 aliphatic rings. The van der Waals surface area contributed by atoms with Crippen LogP contribution >= 0.6 is 0 Å². The highest BCUT2D eigenvalue weighted by molar-refractivity contribution is 5.95. The van der Waals surface area contributed by atoms with E-state index in [1.54, 1.807) is 0 Å². The molecule has 1 heterocycles. The molecule has 0 aliphatic carbocycles. The molecule has 0 radical (unpaired) electrons. The number of nitrogens with one attached hydrogen (secondary N) is 1. The zero-order chi connectivity index (χ0) is 21.5. The lowest BCUT2D eigenvalue weighted by Crippen LogP contribution is -2.45. The molecule has 160 valence electrons.